The molecular weight excluding hydrogens is 288 g/mol. The van der Waals surface area contributed by atoms with Gasteiger partial charge < -0.3 is 5.32 Å². The number of amides is 1. The van der Waals surface area contributed by atoms with E-state index in [2.05, 4.69) is 5.32 Å². The van der Waals surface area contributed by atoms with Crippen molar-refractivity contribution in [1.82, 2.24) is 5.32 Å². The molecule has 5 nitrogen and oxygen atoms in total. The lowest BCUT2D eigenvalue weighted by atomic mass is 9.94. The minimum atomic E-state index is -3.83. The van der Waals surface area contributed by atoms with Crippen molar-refractivity contribution in [2.24, 2.45) is 5.14 Å². The van der Waals surface area contributed by atoms with Gasteiger partial charge in [-0.25, -0.2) is 13.6 Å². The SMILES string of the molecule is CCC(C)(CC)NC(=O)c1cc(S(N)(=O)=O)cc(C)c1C. The number of nitrogens with one attached hydrogen (secondary N) is 1. The van der Waals surface area contributed by atoms with E-state index in [1.807, 2.05) is 20.8 Å². The molecule has 0 aliphatic rings. The van der Waals surface area contributed by atoms with Crippen LogP contribution < -0.4 is 10.5 Å². The topological polar surface area (TPSA) is 89.3 Å². The number of rotatable bonds is 5. The van der Waals surface area contributed by atoms with Crippen LogP contribution in [0.25, 0.3) is 0 Å². The number of aryl methyl sites for hydroxylation is 1. The van der Waals surface area contributed by atoms with Gasteiger partial charge in [0.25, 0.3) is 5.91 Å². The van der Waals surface area contributed by atoms with Crippen molar-refractivity contribution >= 4 is 15.9 Å². The van der Waals surface area contributed by atoms with Crippen LogP contribution in [0.1, 0.15) is 55.1 Å². The van der Waals surface area contributed by atoms with Crippen molar-refractivity contribution in [3.8, 4) is 0 Å². The van der Waals surface area contributed by atoms with Crippen LogP contribution in [0.2, 0.25) is 0 Å². The Hall–Kier alpha value is -1.40. The molecule has 1 aromatic rings. The average Bonchev–Trinajstić information content (AvgIpc) is 2.40. The number of hydrogen-bond donors (Lipinski definition) is 2. The molecule has 0 saturated heterocycles. The standard InChI is InChI=1S/C15H24N2O3S/c1-6-15(5,7-2)17-14(18)13-9-12(21(16,19)20)8-10(3)11(13)4/h8-9H,6-7H2,1-5H3,(H,17,18)(H2,16,19,20). The van der Waals surface area contributed by atoms with Gasteiger partial charge in [0.1, 0.15) is 0 Å². The summed E-state index contributed by atoms with van der Waals surface area (Å²) in [5.74, 6) is -0.271. The molecule has 0 heterocycles. The van der Waals surface area contributed by atoms with Crippen molar-refractivity contribution < 1.29 is 13.2 Å². The van der Waals surface area contributed by atoms with Crippen LogP contribution in [0.5, 0.6) is 0 Å². The maximum Gasteiger partial charge on any atom is 0.252 e. The molecule has 118 valence electrons. The summed E-state index contributed by atoms with van der Waals surface area (Å²) >= 11 is 0. The quantitative estimate of drug-likeness (QED) is 0.874. The van der Waals surface area contributed by atoms with Crippen LogP contribution in [0, 0.1) is 13.8 Å². The Morgan fingerprint density at radius 3 is 2.19 bits per heavy atom. The van der Waals surface area contributed by atoms with E-state index in [4.69, 9.17) is 5.14 Å². The number of carbonyl (C=O) groups excluding carboxylic acids is 1. The highest BCUT2D eigenvalue weighted by Gasteiger charge is 2.24. The summed E-state index contributed by atoms with van der Waals surface area (Å²) in [4.78, 5) is 12.4. The molecule has 3 N–H and O–H groups in total. The molecule has 1 rings (SSSR count). The first-order valence-corrected chi connectivity index (χ1v) is 8.55. The maximum absolute atomic E-state index is 12.5. The second-order valence-corrected chi connectivity index (χ2v) is 7.24. The van der Waals surface area contributed by atoms with Crippen LogP contribution in [0.15, 0.2) is 17.0 Å². The monoisotopic (exact) mass is 312 g/mol. The average molecular weight is 312 g/mol. The van der Waals surface area contributed by atoms with Gasteiger partial charge in [-0.3, -0.25) is 4.79 Å². The minimum Gasteiger partial charge on any atom is -0.347 e. The second-order valence-electron chi connectivity index (χ2n) is 5.68. The zero-order valence-corrected chi connectivity index (χ0v) is 14.1. The Labute approximate surface area is 127 Å². The normalized spacial score (nSPS) is 12.3. The first-order valence-electron chi connectivity index (χ1n) is 7.00. The Morgan fingerprint density at radius 2 is 1.76 bits per heavy atom. The number of benzene rings is 1. The van der Waals surface area contributed by atoms with Crippen molar-refractivity contribution in [1.29, 1.82) is 0 Å². The molecular formula is C15H24N2O3S. The Balaban J connectivity index is 3.30. The first kappa shape index (κ1) is 17.7. The third kappa shape index (κ3) is 4.04. The summed E-state index contributed by atoms with van der Waals surface area (Å²) in [6, 6.07) is 2.83. The number of carbonyl (C=O) groups is 1. The fourth-order valence-corrected chi connectivity index (χ4v) is 2.62. The summed E-state index contributed by atoms with van der Waals surface area (Å²) < 4.78 is 23.0. The van der Waals surface area contributed by atoms with Gasteiger partial charge in [0, 0.05) is 11.1 Å². The van der Waals surface area contributed by atoms with Gasteiger partial charge in [0.05, 0.1) is 4.90 Å². The van der Waals surface area contributed by atoms with Crippen molar-refractivity contribution in [3.63, 3.8) is 0 Å². The molecule has 0 saturated carbocycles. The van der Waals surface area contributed by atoms with E-state index in [-0.39, 0.29) is 16.3 Å². The zero-order chi connectivity index (χ0) is 16.4. The van der Waals surface area contributed by atoms with E-state index >= 15 is 0 Å². The summed E-state index contributed by atoms with van der Waals surface area (Å²) in [5.41, 5.74) is 1.53. The van der Waals surface area contributed by atoms with Gasteiger partial charge >= 0.3 is 0 Å². The van der Waals surface area contributed by atoms with Crippen LogP contribution in [0.4, 0.5) is 0 Å². The maximum atomic E-state index is 12.5. The lowest BCUT2D eigenvalue weighted by molar-refractivity contribution is 0.0900. The zero-order valence-electron chi connectivity index (χ0n) is 13.3. The molecule has 0 aromatic heterocycles. The molecule has 0 aliphatic carbocycles. The molecule has 0 radical (unpaired) electrons. The van der Waals surface area contributed by atoms with Gasteiger partial charge in [-0.1, -0.05) is 13.8 Å². The molecule has 0 atom stereocenters. The first-order chi connectivity index (χ1) is 9.54. The number of sulfonamides is 1. The minimum absolute atomic E-state index is 0.0366. The smallest absolute Gasteiger partial charge is 0.252 e. The van der Waals surface area contributed by atoms with E-state index < -0.39 is 10.0 Å². The van der Waals surface area contributed by atoms with Gasteiger partial charge in [0.2, 0.25) is 10.0 Å². The molecule has 6 heteroatoms. The highest BCUT2D eigenvalue weighted by atomic mass is 32.2. The molecule has 1 amide bonds. The van der Waals surface area contributed by atoms with Crippen molar-refractivity contribution in [3.05, 3.63) is 28.8 Å². The summed E-state index contributed by atoms with van der Waals surface area (Å²) in [7, 11) is -3.83. The van der Waals surface area contributed by atoms with Crippen molar-refractivity contribution in [2.45, 2.75) is 57.9 Å². The van der Waals surface area contributed by atoms with E-state index in [1.54, 1.807) is 13.8 Å². The van der Waals surface area contributed by atoms with Gasteiger partial charge in [0.15, 0.2) is 0 Å². The van der Waals surface area contributed by atoms with Gasteiger partial charge in [-0.05, 0) is 56.9 Å². The molecule has 0 fully saturated rings. The Bertz CT molecular complexity index is 647. The highest BCUT2D eigenvalue weighted by molar-refractivity contribution is 7.89. The fourth-order valence-electron chi connectivity index (χ4n) is 1.99. The largest absolute Gasteiger partial charge is 0.347 e. The molecule has 0 unspecified atom stereocenters. The number of nitrogens with two attached hydrogens (primary N) is 1. The lowest BCUT2D eigenvalue weighted by Gasteiger charge is -2.28. The number of primary sulfonamides is 1. The van der Waals surface area contributed by atoms with E-state index in [1.165, 1.54) is 12.1 Å². The van der Waals surface area contributed by atoms with Crippen LogP contribution >= 0.6 is 0 Å². The molecule has 0 aliphatic heterocycles. The Kier molecular flexibility index (Phi) is 5.17. The summed E-state index contributed by atoms with van der Waals surface area (Å²) in [5, 5.41) is 8.15. The molecule has 21 heavy (non-hydrogen) atoms. The predicted octanol–water partition coefficient (Wildman–Crippen LogP) is 2.26. The summed E-state index contributed by atoms with van der Waals surface area (Å²) in [6.07, 6.45) is 1.59. The second kappa shape index (κ2) is 6.15. The molecule has 0 spiro atoms. The predicted molar refractivity (Wildman–Crippen MR) is 83.7 cm³/mol. The fraction of sp³-hybridized carbons (Fsp3) is 0.533. The van der Waals surface area contributed by atoms with Crippen LogP contribution in [-0.2, 0) is 10.0 Å². The third-order valence-electron chi connectivity index (χ3n) is 4.19. The van der Waals surface area contributed by atoms with Gasteiger partial charge in [-0.15, -0.1) is 0 Å². The van der Waals surface area contributed by atoms with Crippen LogP contribution in [-0.4, -0.2) is 19.9 Å². The van der Waals surface area contributed by atoms with E-state index in [0.717, 1.165) is 24.0 Å². The summed E-state index contributed by atoms with van der Waals surface area (Å²) in [6.45, 7) is 9.54. The number of hydrogen-bond acceptors (Lipinski definition) is 3. The lowest BCUT2D eigenvalue weighted by Crippen LogP contribution is -2.45. The third-order valence-corrected chi connectivity index (χ3v) is 5.08. The van der Waals surface area contributed by atoms with E-state index in [0.29, 0.717) is 5.56 Å². The molecule has 1 aromatic carbocycles. The molecule has 0 bridgehead atoms. The van der Waals surface area contributed by atoms with Crippen molar-refractivity contribution in [2.75, 3.05) is 0 Å². The Morgan fingerprint density at radius 1 is 1.24 bits per heavy atom. The highest BCUT2D eigenvalue weighted by Crippen LogP contribution is 2.21. The van der Waals surface area contributed by atoms with E-state index in [9.17, 15) is 13.2 Å². The van der Waals surface area contributed by atoms with Crippen LogP contribution in [0.3, 0.4) is 0 Å². The van der Waals surface area contributed by atoms with Gasteiger partial charge in [-0.2, -0.15) is 0 Å².